The molecule has 0 aliphatic heterocycles. The predicted octanol–water partition coefficient (Wildman–Crippen LogP) is 33.9. The second-order valence-electron chi connectivity index (χ2n) is 31.9. The summed E-state index contributed by atoms with van der Waals surface area (Å²) in [7, 11) is 0. The van der Waals surface area contributed by atoms with Gasteiger partial charge in [0.2, 0.25) is 0 Å². The van der Waals surface area contributed by atoms with Crippen LogP contribution in [-0.2, 0) is 0 Å². The number of pyridine rings is 4. The molecular formula is C116H68Br4N6. The minimum atomic E-state index is 0.738. The number of para-hydroxylation sites is 1. The lowest BCUT2D eigenvalue weighted by Crippen LogP contribution is -1.97. The van der Waals surface area contributed by atoms with Crippen LogP contribution in [-0.4, -0.2) is 29.9 Å². The van der Waals surface area contributed by atoms with E-state index in [1.165, 1.54) is 163 Å². The number of rotatable bonds is 9. The molecule has 0 amide bonds. The van der Waals surface area contributed by atoms with Gasteiger partial charge >= 0.3 is 0 Å². The van der Waals surface area contributed by atoms with Gasteiger partial charge in [0.1, 0.15) is 0 Å². The summed E-state index contributed by atoms with van der Waals surface area (Å²) in [6.45, 7) is 0. The molecule has 5 aromatic heterocycles. The number of halogens is 4. The molecule has 0 fully saturated rings. The van der Waals surface area contributed by atoms with Crippen molar-refractivity contribution < 1.29 is 0 Å². The molecular weight excluding hydrogens is 1800 g/mol. The highest BCUT2D eigenvalue weighted by Crippen LogP contribution is 2.48. The van der Waals surface area contributed by atoms with E-state index < -0.39 is 0 Å². The molecule has 0 atom stereocenters. The van der Waals surface area contributed by atoms with Crippen LogP contribution < -0.4 is 0 Å². The van der Waals surface area contributed by atoms with E-state index in [0.717, 1.165) is 96.5 Å². The zero-order chi connectivity index (χ0) is 84.0. The molecule has 21 aromatic carbocycles. The third kappa shape index (κ3) is 13.6. The van der Waals surface area contributed by atoms with Crippen LogP contribution in [0, 0.1) is 0 Å². The Hall–Kier alpha value is -14.4. The standard InChI is InChI=1S/2C32H19BrN2.C31H18BrN.C21H12BrN/c33-28-14-10-21-8-12-26-25(11-7-20-9-13-27(28)32(21)31(20)26)22-17-23(29-5-1-3-15-34-29)19-24(18-22)30-6-2-4-16-35-30;33-27-18-14-23-11-15-24-25(16-12-22-13-17-26(27)31(23)30(22)24)32-34-28(20-7-3-1-4-8-20)19-29(35-32)21-9-5-2-6-10-21;32-28-17-13-22-11-15-26-24(14-10-21-12-16-27(28)30(22)29(21)26)19-6-8-20(9-7-19)25-5-1-3-23-4-2-18-33-31(23)25;22-18-11-7-14-5-9-16-15(19-3-1-2-12-23-19)8-4-13-6-10-17(18)21(14)20(13)16/h2*1-19H;1-18H;1-12H. The molecule has 0 unspecified atom stereocenters. The first-order valence-electron chi connectivity index (χ1n) is 41.9. The zero-order valence-corrected chi connectivity index (χ0v) is 73.8. The minimum absolute atomic E-state index is 0.738. The third-order valence-corrected chi connectivity index (χ3v) is 27.6. The molecule has 0 aliphatic rings. The van der Waals surface area contributed by atoms with Crippen molar-refractivity contribution in [3.8, 4) is 101 Å². The van der Waals surface area contributed by atoms with Crippen LogP contribution in [0.4, 0.5) is 0 Å². The van der Waals surface area contributed by atoms with Crippen LogP contribution >= 0.6 is 63.7 Å². The Bertz CT molecular complexity index is 8280. The molecule has 0 saturated heterocycles. The fourth-order valence-electron chi connectivity index (χ4n) is 18.9. The number of hydrogen-bond donors (Lipinski definition) is 0. The van der Waals surface area contributed by atoms with Gasteiger partial charge in [0.25, 0.3) is 0 Å². The fraction of sp³-hybridized carbons (Fsp3) is 0. The van der Waals surface area contributed by atoms with Gasteiger partial charge in [0.05, 0.1) is 34.0 Å². The van der Waals surface area contributed by atoms with Crippen molar-refractivity contribution >= 4 is 204 Å². The van der Waals surface area contributed by atoms with Gasteiger partial charge in [0.15, 0.2) is 5.82 Å². The number of fused-ring (bicyclic) bond motifs is 1. The van der Waals surface area contributed by atoms with Crippen LogP contribution in [0.25, 0.3) is 241 Å². The molecule has 590 valence electrons. The maximum atomic E-state index is 5.08. The maximum absolute atomic E-state index is 5.08. The topological polar surface area (TPSA) is 77.3 Å². The molecule has 0 aliphatic carbocycles. The highest BCUT2D eigenvalue weighted by Gasteiger charge is 2.22. The Balaban J connectivity index is 0.0000000976. The van der Waals surface area contributed by atoms with Crippen molar-refractivity contribution in [2.45, 2.75) is 0 Å². The van der Waals surface area contributed by atoms with E-state index in [2.05, 4.69) is 393 Å². The van der Waals surface area contributed by atoms with Gasteiger partial charge in [-0.15, -0.1) is 0 Å². The molecule has 0 radical (unpaired) electrons. The normalized spacial score (nSPS) is 11.7. The van der Waals surface area contributed by atoms with Gasteiger partial charge in [-0.2, -0.15) is 0 Å². The van der Waals surface area contributed by atoms with Crippen molar-refractivity contribution in [1.29, 1.82) is 0 Å². The first kappa shape index (κ1) is 76.5. The van der Waals surface area contributed by atoms with Gasteiger partial charge in [-0.3, -0.25) is 19.9 Å². The van der Waals surface area contributed by atoms with Gasteiger partial charge in [-0.05, 0) is 254 Å². The number of benzene rings is 21. The second-order valence-corrected chi connectivity index (χ2v) is 35.3. The molecule has 0 N–H and O–H groups in total. The summed E-state index contributed by atoms with van der Waals surface area (Å²) in [5.74, 6) is 0.738. The van der Waals surface area contributed by atoms with Crippen molar-refractivity contribution in [3.05, 3.63) is 431 Å². The summed E-state index contributed by atoms with van der Waals surface area (Å²) in [4.78, 5) is 28.6. The van der Waals surface area contributed by atoms with E-state index in [1.54, 1.807) is 0 Å². The second kappa shape index (κ2) is 32.1. The highest BCUT2D eigenvalue weighted by molar-refractivity contribution is 9.11. The summed E-state index contributed by atoms with van der Waals surface area (Å²) >= 11 is 15.0. The Labute approximate surface area is 759 Å². The van der Waals surface area contributed by atoms with E-state index in [1.807, 2.05) is 104 Å². The van der Waals surface area contributed by atoms with E-state index >= 15 is 0 Å². The van der Waals surface area contributed by atoms with Crippen LogP contribution in [0.3, 0.4) is 0 Å². The molecule has 0 bridgehead atoms. The van der Waals surface area contributed by atoms with Gasteiger partial charge in [-0.25, -0.2) is 9.97 Å². The Kier molecular flexibility index (Phi) is 19.5. The molecule has 10 heteroatoms. The lowest BCUT2D eigenvalue weighted by molar-refractivity contribution is 1.19. The Morgan fingerprint density at radius 2 is 0.468 bits per heavy atom. The lowest BCUT2D eigenvalue weighted by Gasteiger charge is -2.16. The summed E-state index contributed by atoms with van der Waals surface area (Å²) in [5.41, 5.74) is 19.6. The van der Waals surface area contributed by atoms with Crippen LogP contribution in [0.15, 0.2) is 431 Å². The highest BCUT2D eigenvalue weighted by atomic mass is 79.9. The third-order valence-electron chi connectivity index (χ3n) is 24.8. The van der Waals surface area contributed by atoms with Crippen LogP contribution in [0.5, 0.6) is 0 Å². The summed E-state index contributed by atoms with van der Waals surface area (Å²) < 4.78 is 4.52. The first-order valence-corrected chi connectivity index (χ1v) is 45.1. The summed E-state index contributed by atoms with van der Waals surface area (Å²) in [5, 5.41) is 31.7. The van der Waals surface area contributed by atoms with E-state index in [4.69, 9.17) is 9.97 Å². The lowest BCUT2D eigenvalue weighted by atomic mass is 9.88. The molecule has 6 nitrogen and oxygen atoms in total. The zero-order valence-electron chi connectivity index (χ0n) is 67.5. The van der Waals surface area contributed by atoms with E-state index in [0.29, 0.717) is 0 Å². The van der Waals surface area contributed by atoms with Crippen molar-refractivity contribution in [3.63, 3.8) is 0 Å². The van der Waals surface area contributed by atoms with Crippen LogP contribution in [0.2, 0.25) is 0 Å². The van der Waals surface area contributed by atoms with E-state index in [9.17, 15) is 0 Å². The minimum Gasteiger partial charge on any atom is -0.256 e. The van der Waals surface area contributed by atoms with Crippen molar-refractivity contribution in [1.82, 2.24) is 29.9 Å². The molecule has 5 heterocycles. The van der Waals surface area contributed by atoms with Crippen molar-refractivity contribution in [2.75, 3.05) is 0 Å². The summed E-state index contributed by atoms with van der Waals surface area (Å²) in [6.07, 6.45) is 7.40. The van der Waals surface area contributed by atoms with Gasteiger partial charge in [0, 0.05) is 87.0 Å². The number of nitrogens with zero attached hydrogens (tertiary/aromatic N) is 6. The fourth-order valence-corrected chi connectivity index (χ4v) is 20.7. The average molecular weight is 1870 g/mol. The molecule has 0 saturated carbocycles. The Morgan fingerprint density at radius 1 is 0.159 bits per heavy atom. The van der Waals surface area contributed by atoms with Crippen LogP contribution in [0.1, 0.15) is 0 Å². The van der Waals surface area contributed by atoms with E-state index in [-0.39, 0.29) is 0 Å². The van der Waals surface area contributed by atoms with Gasteiger partial charge < -0.3 is 0 Å². The molecule has 0 spiro atoms. The predicted molar refractivity (Wildman–Crippen MR) is 545 cm³/mol. The van der Waals surface area contributed by atoms with Crippen molar-refractivity contribution in [2.24, 2.45) is 0 Å². The average Bonchev–Trinajstić information content (AvgIpc) is 0.739. The molecule has 26 rings (SSSR count). The number of hydrogen-bond acceptors (Lipinski definition) is 6. The van der Waals surface area contributed by atoms with Gasteiger partial charge in [-0.1, -0.05) is 355 Å². The SMILES string of the molecule is Brc1ccc2ccc3c(-c4cc(-c5ccccn5)cc(-c5ccccn5)c4)ccc4ccc1c2c43.Brc1ccc2ccc3c(-c4ccc(-c5cccc6cccnc56)cc4)ccc4ccc1c2c43.Brc1ccc2ccc3c(-c4ccccn4)ccc4ccc1c2c43.Brc1ccc2ccc3c(-c4nc(-c5ccccc5)cc(-c5ccccc5)n4)ccc4ccc1c2c43. The monoisotopic (exact) mass is 1860 g/mol. The quantitative estimate of drug-likeness (QED) is 0.134. The molecule has 126 heavy (non-hydrogen) atoms. The first-order chi connectivity index (χ1) is 62.1. The largest absolute Gasteiger partial charge is 0.256 e. The Morgan fingerprint density at radius 3 is 0.881 bits per heavy atom. The molecule has 26 aromatic rings. The number of aromatic nitrogens is 6. The summed E-state index contributed by atoms with van der Waals surface area (Å²) in [6, 6.07) is 138. The maximum Gasteiger partial charge on any atom is 0.161 e. The smallest absolute Gasteiger partial charge is 0.161 e.